The molecule has 0 radical (unpaired) electrons. The van der Waals surface area contributed by atoms with Crippen LogP contribution in [0.4, 0.5) is 5.82 Å². The number of pyridine rings is 1. The summed E-state index contributed by atoms with van der Waals surface area (Å²) in [5, 5.41) is 3.69. The van der Waals surface area contributed by atoms with E-state index in [4.69, 9.17) is 27.9 Å². The molecule has 25 heavy (non-hydrogen) atoms. The van der Waals surface area contributed by atoms with Gasteiger partial charge in [-0.05, 0) is 43.3 Å². The molecule has 0 spiro atoms. The third kappa shape index (κ3) is 6.94. The van der Waals surface area contributed by atoms with E-state index in [1.165, 1.54) is 24.9 Å². The van der Waals surface area contributed by atoms with Crippen molar-refractivity contribution in [2.24, 2.45) is 0 Å². The van der Waals surface area contributed by atoms with Gasteiger partial charge in [-0.25, -0.2) is 4.98 Å². The highest BCUT2D eigenvalue weighted by Gasteiger charge is 2.18. The van der Waals surface area contributed by atoms with Crippen LogP contribution in [0.5, 0.6) is 0 Å². The second kappa shape index (κ2) is 9.65. The molecule has 0 saturated heterocycles. The summed E-state index contributed by atoms with van der Waals surface area (Å²) in [5.41, 5.74) is 0. The first-order valence-corrected chi connectivity index (χ1v) is 9.18. The number of rotatable bonds is 7. The molecule has 2 rings (SSSR count). The molecule has 8 heteroatoms. The van der Waals surface area contributed by atoms with Gasteiger partial charge in [0.1, 0.15) is 5.82 Å². The Hall–Kier alpha value is -1.76. The van der Waals surface area contributed by atoms with Crippen molar-refractivity contribution in [3.8, 4) is 0 Å². The molecule has 0 aliphatic heterocycles. The van der Waals surface area contributed by atoms with Gasteiger partial charge in [-0.15, -0.1) is 11.8 Å². The first-order chi connectivity index (χ1) is 11.9. The summed E-state index contributed by atoms with van der Waals surface area (Å²) in [4.78, 5) is 28.8. The number of benzene rings is 1. The van der Waals surface area contributed by atoms with E-state index in [-0.39, 0.29) is 6.42 Å². The number of anilines is 1. The SMILES string of the molecule is C[C@H](OC(=O)CCSc1ccc(Cl)cc1)C(=O)Nc1ccc(Cl)cn1. The third-order valence-electron chi connectivity index (χ3n) is 3.04. The average molecular weight is 399 g/mol. The maximum absolute atomic E-state index is 12.0. The molecule has 1 aromatic carbocycles. The summed E-state index contributed by atoms with van der Waals surface area (Å²) < 4.78 is 5.13. The van der Waals surface area contributed by atoms with Crippen LogP contribution in [0.25, 0.3) is 0 Å². The van der Waals surface area contributed by atoms with Crippen LogP contribution in [0.1, 0.15) is 13.3 Å². The van der Waals surface area contributed by atoms with Gasteiger partial charge in [-0.3, -0.25) is 9.59 Å². The molecule has 5 nitrogen and oxygen atoms in total. The third-order valence-corrected chi connectivity index (χ3v) is 4.53. The molecular formula is C17H16Cl2N2O3S. The summed E-state index contributed by atoms with van der Waals surface area (Å²) in [5.74, 6) is 0.00498. The molecule has 0 saturated carbocycles. The van der Waals surface area contributed by atoms with E-state index in [0.717, 1.165) is 4.90 Å². The second-order valence-corrected chi connectivity index (χ2v) is 7.08. The van der Waals surface area contributed by atoms with Crippen molar-refractivity contribution in [1.29, 1.82) is 0 Å². The number of hydrogen-bond acceptors (Lipinski definition) is 5. The van der Waals surface area contributed by atoms with Gasteiger partial charge >= 0.3 is 5.97 Å². The Bertz CT molecular complexity index is 724. The summed E-state index contributed by atoms with van der Waals surface area (Å²) in [6, 6.07) is 10.5. The molecule has 0 unspecified atom stereocenters. The molecule has 1 heterocycles. The molecular weight excluding hydrogens is 383 g/mol. The first kappa shape index (κ1) is 19.6. The lowest BCUT2D eigenvalue weighted by Crippen LogP contribution is -2.30. The van der Waals surface area contributed by atoms with Crippen LogP contribution >= 0.6 is 35.0 Å². The minimum atomic E-state index is -0.912. The molecule has 1 atom stereocenters. The summed E-state index contributed by atoms with van der Waals surface area (Å²) in [6.07, 6.45) is 0.705. The molecule has 1 N–H and O–H groups in total. The largest absolute Gasteiger partial charge is 0.453 e. The van der Waals surface area contributed by atoms with Crippen molar-refractivity contribution in [2.75, 3.05) is 11.1 Å². The second-order valence-electron chi connectivity index (χ2n) is 5.04. The van der Waals surface area contributed by atoms with E-state index in [9.17, 15) is 9.59 Å². The van der Waals surface area contributed by atoms with Gasteiger partial charge in [0, 0.05) is 21.9 Å². The predicted molar refractivity (Wildman–Crippen MR) is 100 cm³/mol. The van der Waals surface area contributed by atoms with Gasteiger partial charge in [-0.2, -0.15) is 0 Å². The Balaban J connectivity index is 1.72. The van der Waals surface area contributed by atoms with Crippen LogP contribution in [0.3, 0.4) is 0 Å². The molecule has 1 amide bonds. The molecule has 0 aliphatic carbocycles. The zero-order valence-electron chi connectivity index (χ0n) is 13.4. The normalized spacial score (nSPS) is 11.6. The monoisotopic (exact) mass is 398 g/mol. The Morgan fingerprint density at radius 1 is 1.16 bits per heavy atom. The number of halogens is 2. The van der Waals surface area contributed by atoms with Crippen molar-refractivity contribution in [1.82, 2.24) is 4.98 Å². The number of carbonyl (C=O) groups excluding carboxylic acids is 2. The van der Waals surface area contributed by atoms with E-state index in [0.29, 0.717) is 21.6 Å². The number of amides is 1. The lowest BCUT2D eigenvalue weighted by atomic mass is 10.3. The van der Waals surface area contributed by atoms with Crippen molar-refractivity contribution < 1.29 is 14.3 Å². The fraction of sp³-hybridized carbons (Fsp3) is 0.235. The quantitative estimate of drug-likeness (QED) is 0.551. The lowest BCUT2D eigenvalue weighted by molar-refractivity contribution is -0.152. The molecule has 132 valence electrons. The number of carbonyl (C=O) groups is 2. The fourth-order valence-corrected chi connectivity index (χ4v) is 2.84. The number of hydrogen-bond donors (Lipinski definition) is 1. The maximum Gasteiger partial charge on any atom is 0.307 e. The van der Waals surface area contributed by atoms with Crippen LogP contribution in [-0.2, 0) is 14.3 Å². The van der Waals surface area contributed by atoms with E-state index < -0.39 is 18.0 Å². The molecule has 0 aliphatic rings. The fourth-order valence-electron chi connectivity index (χ4n) is 1.77. The van der Waals surface area contributed by atoms with Crippen molar-refractivity contribution in [3.63, 3.8) is 0 Å². The predicted octanol–water partition coefficient (Wildman–Crippen LogP) is 4.44. The Morgan fingerprint density at radius 2 is 1.84 bits per heavy atom. The number of esters is 1. The summed E-state index contributed by atoms with van der Waals surface area (Å²) >= 11 is 13.1. The van der Waals surface area contributed by atoms with E-state index in [2.05, 4.69) is 10.3 Å². The van der Waals surface area contributed by atoms with Gasteiger partial charge in [0.25, 0.3) is 5.91 Å². The van der Waals surface area contributed by atoms with Gasteiger partial charge in [-0.1, -0.05) is 23.2 Å². The van der Waals surface area contributed by atoms with Crippen molar-refractivity contribution in [2.45, 2.75) is 24.3 Å². The zero-order valence-corrected chi connectivity index (χ0v) is 15.7. The number of aromatic nitrogens is 1. The minimum Gasteiger partial charge on any atom is -0.453 e. The van der Waals surface area contributed by atoms with Crippen LogP contribution in [0.2, 0.25) is 10.0 Å². The highest BCUT2D eigenvalue weighted by Crippen LogP contribution is 2.21. The van der Waals surface area contributed by atoms with Crippen LogP contribution in [-0.4, -0.2) is 28.7 Å². The average Bonchev–Trinajstić information content (AvgIpc) is 2.58. The first-order valence-electron chi connectivity index (χ1n) is 7.44. The number of nitrogens with zero attached hydrogens (tertiary/aromatic N) is 1. The van der Waals surface area contributed by atoms with Crippen LogP contribution < -0.4 is 5.32 Å². The topological polar surface area (TPSA) is 68.3 Å². The van der Waals surface area contributed by atoms with E-state index in [1.807, 2.05) is 12.1 Å². The Morgan fingerprint density at radius 3 is 2.48 bits per heavy atom. The molecule has 0 bridgehead atoms. The van der Waals surface area contributed by atoms with Crippen LogP contribution in [0.15, 0.2) is 47.5 Å². The molecule has 1 aromatic heterocycles. The van der Waals surface area contributed by atoms with Crippen molar-refractivity contribution in [3.05, 3.63) is 52.6 Å². The highest BCUT2D eigenvalue weighted by atomic mass is 35.5. The standard InChI is InChI=1S/C17H16Cl2N2O3S/c1-11(17(23)21-15-7-4-13(19)10-20-15)24-16(22)8-9-25-14-5-2-12(18)3-6-14/h2-7,10-11H,8-9H2,1H3,(H,20,21,23)/t11-/m0/s1. The number of thioether (sulfide) groups is 1. The number of ether oxygens (including phenoxy) is 1. The van der Waals surface area contributed by atoms with E-state index >= 15 is 0 Å². The van der Waals surface area contributed by atoms with Gasteiger partial charge in [0.2, 0.25) is 0 Å². The van der Waals surface area contributed by atoms with Gasteiger partial charge < -0.3 is 10.1 Å². The number of nitrogens with one attached hydrogen (secondary N) is 1. The van der Waals surface area contributed by atoms with E-state index in [1.54, 1.807) is 24.3 Å². The smallest absolute Gasteiger partial charge is 0.307 e. The summed E-state index contributed by atoms with van der Waals surface area (Å²) in [6.45, 7) is 1.51. The molecule has 0 fully saturated rings. The van der Waals surface area contributed by atoms with Crippen LogP contribution in [0, 0.1) is 0 Å². The summed E-state index contributed by atoms with van der Waals surface area (Å²) in [7, 11) is 0. The zero-order chi connectivity index (χ0) is 18.2. The molecule has 2 aromatic rings. The Kier molecular flexibility index (Phi) is 7.55. The van der Waals surface area contributed by atoms with Gasteiger partial charge in [0.05, 0.1) is 11.4 Å². The Labute approximate surface area is 160 Å². The minimum absolute atomic E-state index is 0.199. The van der Waals surface area contributed by atoms with Crippen molar-refractivity contribution >= 4 is 52.7 Å². The lowest BCUT2D eigenvalue weighted by Gasteiger charge is -2.13. The van der Waals surface area contributed by atoms with Gasteiger partial charge in [0.15, 0.2) is 6.10 Å². The highest BCUT2D eigenvalue weighted by molar-refractivity contribution is 7.99. The maximum atomic E-state index is 12.0.